The van der Waals surface area contributed by atoms with E-state index in [0.29, 0.717) is 5.41 Å². The van der Waals surface area contributed by atoms with Crippen molar-refractivity contribution >= 4 is 0 Å². The zero-order valence-electron chi connectivity index (χ0n) is 9.44. The van der Waals surface area contributed by atoms with Crippen LogP contribution in [0.25, 0.3) is 0 Å². The summed E-state index contributed by atoms with van der Waals surface area (Å²) in [4.78, 5) is 0. The Bertz CT molecular complexity index is 213. The van der Waals surface area contributed by atoms with Gasteiger partial charge in [0.2, 0.25) is 0 Å². The molecule has 2 aliphatic carbocycles. The summed E-state index contributed by atoms with van der Waals surface area (Å²) in [6, 6.07) is 0.805. The molecule has 1 N–H and O–H groups in total. The first-order valence-electron chi connectivity index (χ1n) is 6.11. The van der Waals surface area contributed by atoms with Crippen LogP contribution in [0.2, 0.25) is 0 Å². The molecule has 0 saturated heterocycles. The topological polar surface area (TPSA) is 12.0 Å². The summed E-state index contributed by atoms with van der Waals surface area (Å²) < 4.78 is 0. The first-order valence-corrected chi connectivity index (χ1v) is 6.11. The first kappa shape index (κ1) is 10.2. The second-order valence-corrected chi connectivity index (χ2v) is 5.35. The molecule has 14 heavy (non-hydrogen) atoms. The van der Waals surface area contributed by atoms with Crippen molar-refractivity contribution in [2.24, 2.45) is 5.41 Å². The second kappa shape index (κ2) is 4.06. The Hall–Kier alpha value is -0.300. The molecule has 0 aromatic rings. The van der Waals surface area contributed by atoms with Crippen LogP contribution in [0.5, 0.6) is 0 Å². The van der Waals surface area contributed by atoms with Gasteiger partial charge < -0.3 is 5.32 Å². The van der Waals surface area contributed by atoms with E-state index in [-0.39, 0.29) is 0 Å². The minimum atomic E-state index is 0.702. The molecule has 0 aromatic heterocycles. The molecule has 0 aliphatic heterocycles. The Morgan fingerprint density at radius 2 is 2.00 bits per heavy atom. The molecule has 0 heterocycles. The quantitative estimate of drug-likeness (QED) is 0.678. The molecule has 2 rings (SSSR count). The third-order valence-electron chi connectivity index (χ3n) is 4.17. The molecule has 2 fully saturated rings. The molecule has 1 heteroatoms. The largest absolute Gasteiger partial charge is 0.310 e. The maximum absolute atomic E-state index is 3.96. The molecular formula is C13H23N. The Labute approximate surface area is 88.0 Å². The molecule has 0 aromatic carbocycles. The van der Waals surface area contributed by atoms with Crippen LogP contribution in [0, 0.1) is 5.41 Å². The van der Waals surface area contributed by atoms with E-state index in [2.05, 4.69) is 18.8 Å². The van der Waals surface area contributed by atoms with Crippen LogP contribution < -0.4 is 5.32 Å². The lowest BCUT2D eigenvalue weighted by atomic mass is 9.57. The summed E-state index contributed by atoms with van der Waals surface area (Å²) in [5, 5.41) is 3.68. The van der Waals surface area contributed by atoms with Crippen LogP contribution in [0.1, 0.15) is 51.9 Å². The van der Waals surface area contributed by atoms with E-state index in [9.17, 15) is 0 Å². The fourth-order valence-electron chi connectivity index (χ4n) is 3.17. The summed E-state index contributed by atoms with van der Waals surface area (Å²) in [6.45, 7) is 7.09. The minimum absolute atomic E-state index is 0.702. The highest BCUT2D eigenvalue weighted by Gasteiger charge is 2.46. The van der Waals surface area contributed by atoms with Gasteiger partial charge in [0.1, 0.15) is 0 Å². The van der Waals surface area contributed by atoms with Gasteiger partial charge in [0.05, 0.1) is 0 Å². The van der Waals surface area contributed by atoms with Crippen molar-refractivity contribution in [1.82, 2.24) is 5.32 Å². The third-order valence-corrected chi connectivity index (χ3v) is 4.17. The van der Waals surface area contributed by atoms with Gasteiger partial charge in [-0.05, 0) is 38.0 Å². The van der Waals surface area contributed by atoms with Gasteiger partial charge in [-0.3, -0.25) is 0 Å². The van der Waals surface area contributed by atoms with Crippen molar-refractivity contribution in [2.45, 2.75) is 57.9 Å². The normalized spacial score (nSPS) is 29.9. The lowest BCUT2D eigenvalue weighted by Crippen LogP contribution is -2.54. The van der Waals surface area contributed by atoms with E-state index in [1.54, 1.807) is 0 Å². The standard InChI is InChI=1S/C13H23N/c1-11(2)10-14-12-6-9-13(12)7-4-3-5-8-13/h12,14H,1,3-10H2,2H3. The molecule has 0 amide bonds. The summed E-state index contributed by atoms with van der Waals surface area (Å²) in [5.74, 6) is 0. The SMILES string of the molecule is C=C(C)CNC1CCC12CCCCC2. The van der Waals surface area contributed by atoms with Gasteiger partial charge in [-0.15, -0.1) is 0 Å². The molecule has 1 unspecified atom stereocenters. The lowest BCUT2D eigenvalue weighted by molar-refractivity contribution is 0.0249. The first-order chi connectivity index (χ1) is 6.73. The molecule has 1 atom stereocenters. The van der Waals surface area contributed by atoms with E-state index in [1.165, 1.54) is 50.5 Å². The molecule has 80 valence electrons. The fourth-order valence-corrected chi connectivity index (χ4v) is 3.17. The van der Waals surface area contributed by atoms with Gasteiger partial charge in [0, 0.05) is 12.6 Å². The monoisotopic (exact) mass is 193 g/mol. The lowest BCUT2D eigenvalue weighted by Gasteiger charge is -2.52. The van der Waals surface area contributed by atoms with Crippen molar-refractivity contribution in [3.8, 4) is 0 Å². The molecule has 2 aliphatic rings. The van der Waals surface area contributed by atoms with E-state index in [4.69, 9.17) is 0 Å². The Kier molecular flexibility index (Phi) is 2.96. The fraction of sp³-hybridized carbons (Fsp3) is 0.846. The smallest absolute Gasteiger partial charge is 0.0161 e. The van der Waals surface area contributed by atoms with E-state index >= 15 is 0 Å². The highest BCUT2D eigenvalue weighted by molar-refractivity contribution is 5.03. The highest BCUT2D eigenvalue weighted by Crippen LogP contribution is 2.51. The molecule has 1 spiro atoms. The van der Waals surface area contributed by atoms with Crippen molar-refractivity contribution in [2.75, 3.05) is 6.54 Å². The van der Waals surface area contributed by atoms with Gasteiger partial charge in [-0.25, -0.2) is 0 Å². The predicted molar refractivity (Wildman–Crippen MR) is 61.4 cm³/mol. The average Bonchev–Trinajstić information content (AvgIpc) is 2.17. The van der Waals surface area contributed by atoms with Crippen LogP contribution >= 0.6 is 0 Å². The summed E-state index contributed by atoms with van der Waals surface area (Å²) in [5.41, 5.74) is 1.97. The number of rotatable bonds is 3. The number of nitrogens with one attached hydrogen (secondary N) is 1. The molecule has 2 saturated carbocycles. The Balaban J connectivity index is 1.84. The minimum Gasteiger partial charge on any atom is -0.310 e. The molecule has 0 bridgehead atoms. The molecule has 1 nitrogen and oxygen atoms in total. The summed E-state index contributed by atoms with van der Waals surface area (Å²) in [6.07, 6.45) is 10.2. The zero-order chi connectivity index (χ0) is 10.0. The van der Waals surface area contributed by atoms with Crippen molar-refractivity contribution < 1.29 is 0 Å². The zero-order valence-corrected chi connectivity index (χ0v) is 9.44. The van der Waals surface area contributed by atoms with Crippen LogP contribution in [0.15, 0.2) is 12.2 Å². The average molecular weight is 193 g/mol. The van der Waals surface area contributed by atoms with E-state index < -0.39 is 0 Å². The maximum atomic E-state index is 3.96. The Morgan fingerprint density at radius 1 is 1.29 bits per heavy atom. The number of hydrogen-bond acceptors (Lipinski definition) is 1. The summed E-state index contributed by atoms with van der Waals surface area (Å²) in [7, 11) is 0. The molecule has 0 radical (unpaired) electrons. The highest BCUT2D eigenvalue weighted by atomic mass is 15.0. The number of hydrogen-bond donors (Lipinski definition) is 1. The van der Waals surface area contributed by atoms with Crippen LogP contribution in [-0.2, 0) is 0 Å². The summed E-state index contributed by atoms with van der Waals surface area (Å²) >= 11 is 0. The Morgan fingerprint density at radius 3 is 2.50 bits per heavy atom. The molecular weight excluding hydrogens is 170 g/mol. The van der Waals surface area contributed by atoms with Gasteiger partial charge in [0.15, 0.2) is 0 Å². The van der Waals surface area contributed by atoms with Crippen molar-refractivity contribution in [3.63, 3.8) is 0 Å². The van der Waals surface area contributed by atoms with Crippen molar-refractivity contribution in [3.05, 3.63) is 12.2 Å². The van der Waals surface area contributed by atoms with Gasteiger partial charge >= 0.3 is 0 Å². The van der Waals surface area contributed by atoms with Crippen LogP contribution in [-0.4, -0.2) is 12.6 Å². The third kappa shape index (κ3) is 1.88. The van der Waals surface area contributed by atoms with Gasteiger partial charge in [-0.1, -0.05) is 31.4 Å². The second-order valence-electron chi connectivity index (χ2n) is 5.35. The van der Waals surface area contributed by atoms with Crippen molar-refractivity contribution in [1.29, 1.82) is 0 Å². The van der Waals surface area contributed by atoms with Gasteiger partial charge in [0.25, 0.3) is 0 Å². The van der Waals surface area contributed by atoms with Gasteiger partial charge in [-0.2, -0.15) is 0 Å². The predicted octanol–water partition coefficient (Wildman–Crippen LogP) is 3.27. The van der Waals surface area contributed by atoms with Crippen LogP contribution in [0.3, 0.4) is 0 Å². The van der Waals surface area contributed by atoms with Crippen LogP contribution in [0.4, 0.5) is 0 Å². The van der Waals surface area contributed by atoms with E-state index in [1.807, 2.05) is 0 Å². The maximum Gasteiger partial charge on any atom is 0.0161 e. The van der Waals surface area contributed by atoms with E-state index in [0.717, 1.165) is 12.6 Å².